The number of ether oxygens (including phenoxy) is 1. The zero-order valence-electron chi connectivity index (χ0n) is 15.7. The summed E-state index contributed by atoms with van der Waals surface area (Å²) in [6.45, 7) is 1.51. The minimum absolute atomic E-state index is 0.0294. The maximum absolute atomic E-state index is 14.0. The fraction of sp³-hybridized carbons (Fsp3) is 0.350. The van der Waals surface area contributed by atoms with Gasteiger partial charge in [-0.15, -0.1) is 0 Å². The molecular formula is C20H20F2N4O3. The molecule has 2 heterocycles. The highest BCUT2D eigenvalue weighted by atomic mass is 19.1. The third kappa shape index (κ3) is 4.04. The molecule has 4 rings (SSSR count). The fourth-order valence-corrected chi connectivity index (χ4v) is 3.12. The van der Waals surface area contributed by atoms with Gasteiger partial charge in [-0.25, -0.2) is 13.8 Å². The van der Waals surface area contributed by atoms with Gasteiger partial charge < -0.3 is 15.2 Å². The highest BCUT2D eigenvalue weighted by molar-refractivity contribution is 5.77. The van der Waals surface area contributed by atoms with Crippen LogP contribution in [0.15, 0.2) is 35.3 Å². The predicted octanol–water partition coefficient (Wildman–Crippen LogP) is 3.21. The van der Waals surface area contributed by atoms with Crippen LogP contribution in [-0.2, 0) is 6.54 Å². The molecule has 1 atom stereocenters. The summed E-state index contributed by atoms with van der Waals surface area (Å²) >= 11 is 0. The molecular weight excluding hydrogens is 382 g/mol. The third-order valence-electron chi connectivity index (χ3n) is 4.79. The van der Waals surface area contributed by atoms with E-state index in [1.807, 2.05) is 0 Å². The molecule has 0 radical (unpaired) electrons. The first-order chi connectivity index (χ1) is 13.9. The molecule has 0 spiro atoms. The summed E-state index contributed by atoms with van der Waals surface area (Å²) in [5, 5.41) is 13.6. The Morgan fingerprint density at radius 2 is 2.10 bits per heavy atom. The smallest absolute Gasteiger partial charge is 0.295 e. The Bertz CT molecular complexity index is 1110. The van der Waals surface area contributed by atoms with Crippen molar-refractivity contribution in [3.63, 3.8) is 0 Å². The van der Waals surface area contributed by atoms with Gasteiger partial charge in [0.05, 0.1) is 12.6 Å². The van der Waals surface area contributed by atoms with Gasteiger partial charge in [0, 0.05) is 23.7 Å². The van der Waals surface area contributed by atoms with Crippen molar-refractivity contribution in [1.29, 1.82) is 0 Å². The fourth-order valence-electron chi connectivity index (χ4n) is 3.12. The van der Waals surface area contributed by atoms with Crippen LogP contribution in [0.25, 0.3) is 11.0 Å². The second kappa shape index (κ2) is 7.75. The van der Waals surface area contributed by atoms with Crippen molar-refractivity contribution in [2.24, 2.45) is 0 Å². The van der Waals surface area contributed by atoms with Crippen LogP contribution in [0.5, 0.6) is 11.5 Å². The average Bonchev–Trinajstić information content (AvgIpc) is 2.63. The van der Waals surface area contributed by atoms with E-state index in [0.717, 1.165) is 31.4 Å². The van der Waals surface area contributed by atoms with E-state index in [-0.39, 0.29) is 18.0 Å². The summed E-state index contributed by atoms with van der Waals surface area (Å²) < 4.78 is 33.8. The Hall–Kier alpha value is -3.07. The topological polar surface area (TPSA) is 89.3 Å². The van der Waals surface area contributed by atoms with E-state index >= 15 is 0 Å². The van der Waals surface area contributed by atoms with Crippen molar-refractivity contribution in [2.45, 2.75) is 44.9 Å². The lowest BCUT2D eigenvalue weighted by atomic mass is 9.93. The zero-order chi connectivity index (χ0) is 20.5. The molecule has 0 bridgehead atoms. The van der Waals surface area contributed by atoms with Crippen molar-refractivity contribution in [3.05, 3.63) is 52.5 Å². The number of halogens is 2. The quantitative estimate of drug-likeness (QED) is 0.658. The highest BCUT2D eigenvalue weighted by Gasteiger charge is 2.20. The summed E-state index contributed by atoms with van der Waals surface area (Å²) in [5.74, 6) is -1.73. The number of aliphatic hydroxyl groups is 1. The van der Waals surface area contributed by atoms with Crippen LogP contribution >= 0.6 is 0 Å². The van der Waals surface area contributed by atoms with Gasteiger partial charge >= 0.3 is 0 Å². The van der Waals surface area contributed by atoms with Gasteiger partial charge in [0.2, 0.25) is 5.95 Å². The Morgan fingerprint density at radius 3 is 2.76 bits per heavy atom. The highest BCUT2D eigenvalue weighted by Crippen LogP contribution is 2.26. The third-order valence-corrected chi connectivity index (χ3v) is 4.79. The van der Waals surface area contributed by atoms with Crippen LogP contribution in [0.2, 0.25) is 0 Å². The number of nitrogens with one attached hydrogen (secondary N) is 1. The van der Waals surface area contributed by atoms with Crippen LogP contribution in [0.4, 0.5) is 14.7 Å². The number of hydrogen-bond acceptors (Lipinski definition) is 6. The number of fused-ring (bicyclic) bond motifs is 1. The molecule has 1 fully saturated rings. The molecule has 1 aliphatic carbocycles. The Balaban J connectivity index is 1.77. The van der Waals surface area contributed by atoms with Gasteiger partial charge in [-0.3, -0.25) is 9.36 Å². The normalized spacial score (nSPS) is 15.2. The standard InChI is InChI=1S/C20H20F2N4O3/c1-11(27)10-26-18-12(9-23-20(25-18)24-14-3-2-4-14)7-17(19(26)28)29-16-6-5-13(21)8-15(16)22/h5-9,11,14,27H,2-4,10H2,1H3,(H,23,24,25)/t11-/m1/s1. The first-order valence-corrected chi connectivity index (χ1v) is 9.39. The van der Waals surface area contributed by atoms with Crippen LogP contribution < -0.4 is 15.6 Å². The summed E-state index contributed by atoms with van der Waals surface area (Å²) in [5.41, 5.74) is -0.255. The summed E-state index contributed by atoms with van der Waals surface area (Å²) in [7, 11) is 0. The molecule has 0 unspecified atom stereocenters. The van der Waals surface area contributed by atoms with E-state index in [1.165, 1.54) is 16.8 Å². The number of hydrogen-bond donors (Lipinski definition) is 2. The van der Waals surface area contributed by atoms with E-state index in [1.54, 1.807) is 6.92 Å². The number of aromatic nitrogens is 3. The first-order valence-electron chi connectivity index (χ1n) is 9.39. The Morgan fingerprint density at radius 1 is 1.31 bits per heavy atom. The number of pyridine rings is 1. The lowest BCUT2D eigenvalue weighted by Crippen LogP contribution is -2.29. The van der Waals surface area contributed by atoms with E-state index in [2.05, 4.69) is 15.3 Å². The van der Waals surface area contributed by atoms with Crippen LogP contribution in [0.1, 0.15) is 26.2 Å². The number of aliphatic hydroxyl groups excluding tert-OH is 1. The van der Waals surface area contributed by atoms with Gasteiger partial charge in [-0.2, -0.15) is 4.98 Å². The molecule has 2 aromatic heterocycles. The molecule has 152 valence electrons. The van der Waals surface area contributed by atoms with Crippen LogP contribution in [0.3, 0.4) is 0 Å². The SMILES string of the molecule is C[C@@H](O)Cn1c(=O)c(Oc2ccc(F)cc2F)cc2cnc(NC3CCC3)nc21. The van der Waals surface area contributed by atoms with Crippen LogP contribution in [0, 0.1) is 11.6 Å². The number of rotatable bonds is 6. The lowest BCUT2D eigenvalue weighted by molar-refractivity contribution is 0.173. The van der Waals surface area contributed by atoms with Gasteiger partial charge in [-0.1, -0.05) is 0 Å². The first kappa shape index (κ1) is 19.3. The summed E-state index contributed by atoms with van der Waals surface area (Å²) in [6, 6.07) is 4.54. The van der Waals surface area contributed by atoms with Gasteiger partial charge in [0.15, 0.2) is 17.3 Å². The maximum Gasteiger partial charge on any atom is 0.295 e. The molecule has 1 aliphatic rings. The van der Waals surface area contributed by atoms with Crippen molar-refractivity contribution in [3.8, 4) is 11.5 Å². The van der Waals surface area contributed by atoms with Gasteiger partial charge in [-0.05, 0) is 44.4 Å². The van der Waals surface area contributed by atoms with E-state index in [4.69, 9.17) is 4.74 Å². The second-order valence-corrected chi connectivity index (χ2v) is 7.19. The van der Waals surface area contributed by atoms with E-state index < -0.39 is 23.3 Å². The molecule has 1 saturated carbocycles. The molecule has 0 saturated heterocycles. The monoisotopic (exact) mass is 402 g/mol. The zero-order valence-corrected chi connectivity index (χ0v) is 15.7. The predicted molar refractivity (Wildman–Crippen MR) is 103 cm³/mol. The van der Waals surface area contributed by atoms with Crippen molar-refractivity contribution in [2.75, 3.05) is 5.32 Å². The minimum Gasteiger partial charge on any atom is -0.448 e. The molecule has 29 heavy (non-hydrogen) atoms. The molecule has 3 aromatic rings. The molecule has 1 aromatic carbocycles. The minimum atomic E-state index is -0.928. The van der Waals surface area contributed by atoms with E-state index in [9.17, 15) is 18.7 Å². The lowest BCUT2D eigenvalue weighted by Gasteiger charge is -2.26. The van der Waals surface area contributed by atoms with E-state index in [0.29, 0.717) is 29.1 Å². The molecule has 9 heteroatoms. The van der Waals surface area contributed by atoms with Crippen molar-refractivity contribution in [1.82, 2.24) is 14.5 Å². The Kier molecular flexibility index (Phi) is 5.14. The molecule has 2 N–H and O–H groups in total. The van der Waals surface area contributed by atoms with Crippen molar-refractivity contribution < 1.29 is 18.6 Å². The van der Waals surface area contributed by atoms with Crippen LogP contribution in [-0.4, -0.2) is 31.8 Å². The maximum atomic E-state index is 14.0. The molecule has 0 aliphatic heterocycles. The number of nitrogens with zero attached hydrogens (tertiary/aromatic N) is 3. The molecule has 0 amide bonds. The Labute approximate surface area is 165 Å². The molecule has 7 nitrogen and oxygen atoms in total. The van der Waals surface area contributed by atoms with Gasteiger partial charge in [0.1, 0.15) is 11.5 Å². The second-order valence-electron chi connectivity index (χ2n) is 7.19. The number of anilines is 1. The van der Waals surface area contributed by atoms with Crippen molar-refractivity contribution >= 4 is 17.0 Å². The van der Waals surface area contributed by atoms with Gasteiger partial charge in [0.25, 0.3) is 5.56 Å². The number of benzene rings is 1. The average molecular weight is 402 g/mol. The summed E-state index contributed by atoms with van der Waals surface area (Å²) in [6.07, 6.45) is 3.94. The summed E-state index contributed by atoms with van der Waals surface area (Å²) in [4.78, 5) is 21.7. The largest absolute Gasteiger partial charge is 0.448 e.